The molecule has 1 fully saturated rings. The van der Waals surface area contributed by atoms with E-state index in [1.807, 2.05) is 12.1 Å². The number of H-pyrrole nitrogens is 1. The maximum Gasteiger partial charge on any atom is 0.319 e. The molecule has 0 saturated carbocycles. The normalized spacial score (nSPS) is 16.8. The highest BCUT2D eigenvalue weighted by molar-refractivity contribution is 8.00. The van der Waals surface area contributed by atoms with Gasteiger partial charge in [-0.3, -0.25) is 9.78 Å². The number of carbonyl (C=O) groups excluding carboxylic acids is 1. The van der Waals surface area contributed by atoms with Gasteiger partial charge >= 0.3 is 5.97 Å². The number of benzene rings is 1. The Morgan fingerprint density at radius 2 is 1.88 bits per heavy atom. The first-order valence-corrected chi connectivity index (χ1v) is 8.68. The van der Waals surface area contributed by atoms with Gasteiger partial charge in [-0.1, -0.05) is 11.8 Å². The number of imidazole rings is 1. The number of thioether (sulfide) groups is 1. The van der Waals surface area contributed by atoms with Gasteiger partial charge in [0, 0.05) is 29.9 Å². The van der Waals surface area contributed by atoms with E-state index < -0.39 is 0 Å². The van der Waals surface area contributed by atoms with Gasteiger partial charge < -0.3 is 9.72 Å². The summed E-state index contributed by atoms with van der Waals surface area (Å²) < 4.78 is 18.3. The Kier molecular flexibility index (Phi) is 4.23. The zero-order valence-corrected chi connectivity index (χ0v) is 13.9. The van der Waals surface area contributed by atoms with Crippen molar-refractivity contribution in [3.8, 4) is 22.5 Å². The van der Waals surface area contributed by atoms with Crippen molar-refractivity contribution in [2.75, 3.05) is 6.61 Å². The van der Waals surface area contributed by atoms with Crippen LogP contribution in [0.15, 0.2) is 53.9 Å². The van der Waals surface area contributed by atoms with Crippen LogP contribution >= 0.6 is 11.8 Å². The second kappa shape index (κ2) is 6.68. The van der Waals surface area contributed by atoms with Gasteiger partial charge in [-0.15, -0.1) is 0 Å². The van der Waals surface area contributed by atoms with Gasteiger partial charge in [0.25, 0.3) is 0 Å². The number of rotatable bonds is 4. The molecule has 4 rings (SSSR count). The van der Waals surface area contributed by atoms with Crippen LogP contribution < -0.4 is 0 Å². The molecule has 1 N–H and O–H groups in total. The number of aromatic amines is 1. The lowest BCUT2D eigenvalue weighted by Gasteiger charge is -2.02. The van der Waals surface area contributed by atoms with Crippen molar-refractivity contribution in [3.63, 3.8) is 0 Å². The zero-order valence-electron chi connectivity index (χ0n) is 13.1. The number of hydrogen-bond donors (Lipinski definition) is 1. The van der Waals surface area contributed by atoms with Crippen LogP contribution in [0.1, 0.15) is 6.42 Å². The summed E-state index contributed by atoms with van der Waals surface area (Å²) in [5.74, 6) is -0.511. The molecule has 2 aromatic heterocycles. The number of hydrogen-bond acceptors (Lipinski definition) is 5. The molecular formula is C18H14FN3O2S. The third-order valence-corrected chi connectivity index (χ3v) is 5.04. The standard InChI is InChI=1S/C18H14FN3O2S/c19-13-3-1-11(2-4-13)15-16(12-5-8-20-9-6-12)22-18(21-15)25-14-7-10-24-17(14)23/h1-6,8-9,14H,7,10H2,(H,21,22). The Bertz CT molecular complexity index is 896. The summed E-state index contributed by atoms with van der Waals surface area (Å²) in [5, 5.41) is 0.382. The molecular weight excluding hydrogens is 341 g/mol. The number of carbonyl (C=O) groups is 1. The number of cyclic esters (lactones) is 1. The molecule has 0 spiro atoms. The summed E-state index contributed by atoms with van der Waals surface area (Å²) in [6, 6.07) is 9.93. The van der Waals surface area contributed by atoms with E-state index in [1.54, 1.807) is 24.5 Å². The van der Waals surface area contributed by atoms with Crippen LogP contribution in [-0.4, -0.2) is 32.8 Å². The van der Waals surface area contributed by atoms with E-state index in [9.17, 15) is 9.18 Å². The molecule has 0 aliphatic carbocycles. The molecule has 0 bridgehead atoms. The van der Waals surface area contributed by atoms with Crippen LogP contribution in [0.2, 0.25) is 0 Å². The van der Waals surface area contributed by atoms with E-state index in [0.29, 0.717) is 23.9 Å². The quantitative estimate of drug-likeness (QED) is 0.723. The number of ether oxygens (including phenoxy) is 1. The summed E-state index contributed by atoms with van der Waals surface area (Å²) in [5.41, 5.74) is 3.23. The lowest BCUT2D eigenvalue weighted by Crippen LogP contribution is -2.09. The Morgan fingerprint density at radius 3 is 2.56 bits per heavy atom. The van der Waals surface area contributed by atoms with Crippen molar-refractivity contribution in [2.45, 2.75) is 16.8 Å². The van der Waals surface area contributed by atoms with Crippen LogP contribution in [0, 0.1) is 5.82 Å². The lowest BCUT2D eigenvalue weighted by molar-refractivity contribution is -0.137. The third-order valence-electron chi connectivity index (χ3n) is 3.91. The molecule has 3 aromatic rings. The number of nitrogens with zero attached hydrogens (tertiary/aromatic N) is 2. The smallest absolute Gasteiger partial charge is 0.319 e. The van der Waals surface area contributed by atoms with Gasteiger partial charge in [0.15, 0.2) is 5.16 Å². The third kappa shape index (κ3) is 3.28. The van der Waals surface area contributed by atoms with Crippen LogP contribution in [0.3, 0.4) is 0 Å². The summed E-state index contributed by atoms with van der Waals surface area (Å²) in [6.45, 7) is 0.444. The van der Waals surface area contributed by atoms with Crippen LogP contribution in [0.25, 0.3) is 22.5 Å². The van der Waals surface area contributed by atoms with E-state index >= 15 is 0 Å². The minimum absolute atomic E-state index is 0.213. The molecule has 5 nitrogen and oxygen atoms in total. The van der Waals surface area contributed by atoms with Gasteiger partial charge in [-0.05, 0) is 36.4 Å². The highest BCUT2D eigenvalue weighted by atomic mass is 32.2. The molecule has 0 amide bonds. The van der Waals surface area contributed by atoms with Gasteiger partial charge in [0.1, 0.15) is 11.1 Å². The summed E-state index contributed by atoms with van der Waals surface area (Å²) in [6.07, 6.45) is 4.07. The van der Waals surface area contributed by atoms with E-state index in [4.69, 9.17) is 4.74 Å². The van der Waals surface area contributed by atoms with Gasteiger partial charge in [-0.2, -0.15) is 0 Å². The van der Waals surface area contributed by atoms with E-state index in [1.165, 1.54) is 23.9 Å². The van der Waals surface area contributed by atoms with Gasteiger partial charge in [-0.25, -0.2) is 9.37 Å². The Morgan fingerprint density at radius 1 is 1.12 bits per heavy atom. The highest BCUT2D eigenvalue weighted by Crippen LogP contribution is 2.35. The first-order valence-electron chi connectivity index (χ1n) is 7.80. The van der Waals surface area contributed by atoms with Crippen molar-refractivity contribution in [2.24, 2.45) is 0 Å². The molecule has 7 heteroatoms. The number of nitrogens with one attached hydrogen (secondary N) is 1. The van der Waals surface area contributed by atoms with E-state index in [2.05, 4.69) is 15.0 Å². The number of halogens is 1. The molecule has 126 valence electrons. The van der Waals surface area contributed by atoms with Crippen molar-refractivity contribution >= 4 is 17.7 Å². The maximum atomic E-state index is 13.3. The fraction of sp³-hybridized carbons (Fsp3) is 0.167. The van der Waals surface area contributed by atoms with E-state index in [-0.39, 0.29) is 17.0 Å². The van der Waals surface area contributed by atoms with Crippen molar-refractivity contribution in [3.05, 3.63) is 54.6 Å². The predicted molar refractivity (Wildman–Crippen MR) is 92.4 cm³/mol. The van der Waals surface area contributed by atoms with Gasteiger partial charge in [0.05, 0.1) is 18.0 Å². The highest BCUT2D eigenvalue weighted by Gasteiger charge is 2.29. The largest absolute Gasteiger partial charge is 0.465 e. The summed E-state index contributed by atoms with van der Waals surface area (Å²) in [7, 11) is 0. The Labute approximate surface area is 147 Å². The van der Waals surface area contributed by atoms with Crippen LogP contribution in [-0.2, 0) is 9.53 Å². The number of pyridine rings is 1. The zero-order chi connectivity index (χ0) is 17.2. The van der Waals surface area contributed by atoms with Crippen molar-refractivity contribution in [1.29, 1.82) is 0 Å². The van der Waals surface area contributed by atoms with Crippen LogP contribution in [0.5, 0.6) is 0 Å². The first kappa shape index (κ1) is 15.8. The molecule has 1 atom stereocenters. The molecule has 1 unspecified atom stereocenters. The maximum absolute atomic E-state index is 13.3. The van der Waals surface area contributed by atoms with Crippen LogP contribution in [0.4, 0.5) is 4.39 Å². The first-order chi connectivity index (χ1) is 12.2. The second-order valence-electron chi connectivity index (χ2n) is 5.57. The second-order valence-corrected chi connectivity index (χ2v) is 6.76. The molecule has 1 aromatic carbocycles. The minimum Gasteiger partial charge on any atom is -0.465 e. The molecule has 1 aliphatic rings. The van der Waals surface area contributed by atoms with Crippen molar-refractivity contribution < 1.29 is 13.9 Å². The Balaban J connectivity index is 1.75. The Hall–Kier alpha value is -2.67. The topological polar surface area (TPSA) is 67.9 Å². The van der Waals surface area contributed by atoms with Gasteiger partial charge in [0.2, 0.25) is 0 Å². The lowest BCUT2D eigenvalue weighted by atomic mass is 10.1. The number of aromatic nitrogens is 3. The average Bonchev–Trinajstić information content (AvgIpc) is 3.24. The summed E-state index contributed by atoms with van der Waals surface area (Å²) >= 11 is 1.36. The monoisotopic (exact) mass is 355 g/mol. The molecule has 0 radical (unpaired) electrons. The van der Waals surface area contributed by atoms with Crippen molar-refractivity contribution in [1.82, 2.24) is 15.0 Å². The molecule has 3 heterocycles. The fourth-order valence-electron chi connectivity index (χ4n) is 2.67. The number of esters is 1. The fourth-order valence-corrected chi connectivity index (χ4v) is 3.62. The predicted octanol–water partition coefficient (Wildman–Crippen LogP) is 3.69. The average molecular weight is 355 g/mol. The van der Waals surface area contributed by atoms with E-state index in [0.717, 1.165) is 16.8 Å². The molecule has 1 saturated heterocycles. The molecule has 25 heavy (non-hydrogen) atoms. The summed E-state index contributed by atoms with van der Waals surface area (Å²) in [4.78, 5) is 23.7. The molecule has 1 aliphatic heterocycles. The minimum atomic E-state index is -0.298. The SMILES string of the molecule is O=C1OCCC1Sc1nc(-c2ccc(F)cc2)c(-c2ccncc2)[nH]1.